The number of rotatable bonds is 3. The zero-order valence-electron chi connectivity index (χ0n) is 8.75. The average molecular weight is 221 g/mol. The molecule has 6 heteroatoms. The van der Waals surface area contributed by atoms with Crippen molar-refractivity contribution in [1.82, 2.24) is 9.78 Å². The first-order valence-corrected chi connectivity index (χ1v) is 4.86. The van der Waals surface area contributed by atoms with Crippen LogP contribution in [0.1, 0.15) is 5.69 Å². The van der Waals surface area contributed by atoms with Crippen molar-refractivity contribution in [2.45, 2.75) is 13.5 Å². The van der Waals surface area contributed by atoms with Crippen LogP contribution in [0.5, 0.6) is 0 Å². The SMILES string of the molecule is Cc1c2cc([N+](=O)[O-])ccc2nn1CCO. The zero-order chi connectivity index (χ0) is 11.7. The van der Waals surface area contributed by atoms with E-state index in [4.69, 9.17) is 5.11 Å². The number of non-ortho nitro benzene ring substituents is 1. The Morgan fingerprint density at radius 1 is 1.56 bits per heavy atom. The quantitative estimate of drug-likeness (QED) is 0.624. The van der Waals surface area contributed by atoms with Gasteiger partial charge in [-0.05, 0) is 13.0 Å². The minimum atomic E-state index is -0.428. The minimum absolute atomic E-state index is 0.00305. The monoisotopic (exact) mass is 221 g/mol. The third-order valence-corrected chi connectivity index (χ3v) is 2.51. The molecule has 0 radical (unpaired) electrons. The molecule has 0 aliphatic heterocycles. The molecule has 0 atom stereocenters. The van der Waals surface area contributed by atoms with Gasteiger partial charge in [0, 0.05) is 23.2 Å². The van der Waals surface area contributed by atoms with E-state index in [9.17, 15) is 10.1 Å². The summed E-state index contributed by atoms with van der Waals surface area (Å²) in [4.78, 5) is 10.2. The first kappa shape index (κ1) is 10.6. The van der Waals surface area contributed by atoms with Crippen molar-refractivity contribution >= 4 is 16.6 Å². The Morgan fingerprint density at radius 3 is 2.94 bits per heavy atom. The maximum absolute atomic E-state index is 10.6. The van der Waals surface area contributed by atoms with Gasteiger partial charge in [0.2, 0.25) is 0 Å². The van der Waals surface area contributed by atoms with Crippen LogP contribution >= 0.6 is 0 Å². The first-order chi connectivity index (χ1) is 7.63. The molecule has 0 saturated heterocycles. The number of aliphatic hydroxyl groups is 1. The number of fused-ring (bicyclic) bond motifs is 1. The van der Waals surface area contributed by atoms with Gasteiger partial charge < -0.3 is 5.11 Å². The Morgan fingerprint density at radius 2 is 2.31 bits per heavy atom. The third kappa shape index (κ3) is 1.63. The second-order valence-corrected chi connectivity index (χ2v) is 3.49. The minimum Gasteiger partial charge on any atom is -0.394 e. The van der Waals surface area contributed by atoms with Gasteiger partial charge in [-0.1, -0.05) is 0 Å². The number of hydrogen-bond donors (Lipinski definition) is 1. The Kier molecular flexibility index (Phi) is 2.57. The van der Waals surface area contributed by atoms with E-state index >= 15 is 0 Å². The second-order valence-electron chi connectivity index (χ2n) is 3.49. The van der Waals surface area contributed by atoms with Crippen molar-refractivity contribution in [3.05, 3.63) is 34.0 Å². The van der Waals surface area contributed by atoms with E-state index < -0.39 is 4.92 Å². The van der Waals surface area contributed by atoms with Crippen molar-refractivity contribution in [3.63, 3.8) is 0 Å². The summed E-state index contributed by atoms with van der Waals surface area (Å²) in [6.07, 6.45) is 0. The van der Waals surface area contributed by atoms with Crippen LogP contribution in [0.25, 0.3) is 10.9 Å². The third-order valence-electron chi connectivity index (χ3n) is 2.51. The molecular formula is C10H11N3O3. The Labute approximate surface area is 91.3 Å². The Hall–Kier alpha value is -1.95. The van der Waals surface area contributed by atoms with Gasteiger partial charge in [0.1, 0.15) is 0 Å². The lowest BCUT2D eigenvalue weighted by Gasteiger charge is -1.99. The van der Waals surface area contributed by atoms with Gasteiger partial charge in [-0.25, -0.2) is 0 Å². The predicted octanol–water partition coefficient (Wildman–Crippen LogP) is 1.25. The normalized spacial score (nSPS) is 10.9. The summed E-state index contributed by atoms with van der Waals surface area (Å²) in [5.74, 6) is 0. The first-order valence-electron chi connectivity index (χ1n) is 4.86. The fourth-order valence-electron chi connectivity index (χ4n) is 1.67. The number of benzene rings is 1. The summed E-state index contributed by atoms with van der Waals surface area (Å²) in [5.41, 5.74) is 1.59. The van der Waals surface area contributed by atoms with Crippen molar-refractivity contribution in [2.75, 3.05) is 6.61 Å². The van der Waals surface area contributed by atoms with E-state index in [1.54, 1.807) is 10.7 Å². The summed E-state index contributed by atoms with van der Waals surface area (Å²) in [6.45, 7) is 2.22. The van der Waals surface area contributed by atoms with E-state index in [0.29, 0.717) is 12.1 Å². The van der Waals surface area contributed by atoms with Crippen molar-refractivity contribution in [3.8, 4) is 0 Å². The molecule has 0 saturated carbocycles. The van der Waals surface area contributed by atoms with Crippen LogP contribution in [0.2, 0.25) is 0 Å². The van der Waals surface area contributed by atoms with Crippen LogP contribution < -0.4 is 0 Å². The molecule has 0 aliphatic rings. The molecule has 2 aromatic rings. The van der Waals surface area contributed by atoms with Crippen molar-refractivity contribution < 1.29 is 10.0 Å². The molecule has 0 amide bonds. The van der Waals surface area contributed by atoms with Gasteiger partial charge in [-0.2, -0.15) is 5.10 Å². The second kappa shape index (κ2) is 3.90. The molecule has 1 N–H and O–H groups in total. The van der Waals surface area contributed by atoms with E-state index in [-0.39, 0.29) is 12.3 Å². The largest absolute Gasteiger partial charge is 0.394 e. The van der Waals surface area contributed by atoms with Gasteiger partial charge in [0.05, 0.1) is 23.6 Å². The molecule has 84 valence electrons. The summed E-state index contributed by atoms with van der Waals surface area (Å²) in [7, 11) is 0. The fourth-order valence-corrected chi connectivity index (χ4v) is 1.67. The van der Waals surface area contributed by atoms with E-state index in [0.717, 1.165) is 11.1 Å². The molecule has 0 fully saturated rings. The highest BCUT2D eigenvalue weighted by Gasteiger charge is 2.11. The highest BCUT2D eigenvalue weighted by molar-refractivity contribution is 5.83. The van der Waals surface area contributed by atoms with Gasteiger partial charge in [0.15, 0.2) is 0 Å². The Bertz CT molecular complexity index is 547. The highest BCUT2D eigenvalue weighted by Crippen LogP contribution is 2.22. The predicted molar refractivity (Wildman–Crippen MR) is 58.2 cm³/mol. The number of nitro benzene ring substituents is 1. The molecule has 1 heterocycles. The smallest absolute Gasteiger partial charge is 0.270 e. The lowest BCUT2D eigenvalue weighted by molar-refractivity contribution is -0.384. The van der Waals surface area contributed by atoms with Gasteiger partial charge in [0.25, 0.3) is 5.69 Å². The molecule has 16 heavy (non-hydrogen) atoms. The van der Waals surface area contributed by atoms with Crippen LogP contribution in [-0.4, -0.2) is 26.4 Å². The van der Waals surface area contributed by atoms with Crippen molar-refractivity contribution in [1.29, 1.82) is 0 Å². The van der Waals surface area contributed by atoms with E-state index in [1.807, 2.05) is 6.92 Å². The number of nitrogens with zero attached hydrogens (tertiary/aromatic N) is 3. The number of hydrogen-bond acceptors (Lipinski definition) is 4. The van der Waals surface area contributed by atoms with Crippen LogP contribution in [-0.2, 0) is 6.54 Å². The topological polar surface area (TPSA) is 81.2 Å². The van der Waals surface area contributed by atoms with Crippen LogP contribution in [0.4, 0.5) is 5.69 Å². The Balaban J connectivity index is 2.59. The van der Waals surface area contributed by atoms with Crippen LogP contribution in [0.15, 0.2) is 18.2 Å². The molecule has 1 aromatic carbocycles. The fraction of sp³-hybridized carbons (Fsp3) is 0.300. The maximum atomic E-state index is 10.6. The molecule has 2 rings (SSSR count). The molecule has 0 aliphatic carbocycles. The standard InChI is InChI=1S/C10H11N3O3/c1-7-9-6-8(13(15)16)2-3-10(9)11-12(7)4-5-14/h2-3,6,14H,4-5H2,1H3. The molecule has 0 spiro atoms. The van der Waals surface area contributed by atoms with Gasteiger partial charge in [-0.3, -0.25) is 14.8 Å². The zero-order valence-corrected chi connectivity index (χ0v) is 8.75. The summed E-state index contributed by atoms with van der Waals surface area (Å²) >= 11 is 0. The summed E-state index contributed by atoms with van der Waals surface area (Å²) in [5, 5.41) is 24.5. The highest BCUT2D eigenvalue weighted by atomic mass is 16.6. The summed E-state index contributed by atoms with van der Waals surface area (Å²) in [6, 6.07) is 4.55. The van der Waals surface area contributed by atoms with E-state index in [2.05, 4.69) is 5.10 Å². The average Bonchev–Trinajstić information content (AvgIpc) is 2.56. The maximum Gasteiger partial charge on any atom is 0.270 e. The molecule has 0 unspecified atom stereocenters. The molecule has 6 nitrogen and oxygen atoms in total. The number of aliphatic hydroxyl groups excluding tert-OH is 1. The van der Waals surface area contributed by atoms with Crippen LogP contribution in [0.3, 0.4) is 0 Å². The summed E-state index contributed by atoms with van der Waals surface area (Å²) < 4.78 is 1.65. The van der Waals surface area contributed by atoms with Gasteiger partial charge >= 0.3 is 0 Å². The van der Waals surface area contributed by atoms with Crippen LogP contribution in [0, 0.1) is 17.0 Å². The van der Waals surface area contributed by atoms with Crippen molar-refractivity contribution in [2.24, 2.45) is 0 Å². The number of aryl methyl sites for hydroxylation is 1. The number of nitro groups is 1. The lowest BCUT2D eigenvalue weighted by Crippen LogP contribution is -2.05. The van der Waals surface area contributed by atoms with E-state index in [1.165, 1.54) is 12.1 Å². The molecule has 1 aromatic heterocycles. The molecule has 0 bridgehead atoms. The van der Waals surface area contributed by atoms with Gasteiger partial charge in [-0.15, -0.1) is 0 Å². The lowest BCUT2D eigenvalue weighted by atomic mass is 10.2. The molecular weight excluding hydrogens is 210 g/mol. The number of aromatic nitrogens is 2.